The molecule has 32 heavy (non-hydrogen) atoms. The number of rotatable bonds is 3. The van der Waals surface area contributed by atoms with Gasteiger partial charge in [0, 0.05) is 18.8 Å². The van der Waals surface area contributed by atoms with Gasteiger partial charge in [0.1, 0.15) is 5.60 Å². The van der Waals surface area contributed by atoms with Gasteiger partial charge in [-0.25, -0.2) is 4.79 Å². The normalized spacial score (nSPS) is 20.9. The van der Waals surface area contributed by atoms with E-state index in [-0.39, 0.29) is 24.0 Å². The number of carbonyl (C=O) groups is 2. The lowest BCUT2D eigenvalue weighted by Gasteiger charge is -2.33. The summed E-state index contributed by atoms with van der Waals surface area (Å²) in [6, 6.07) is 15.7. The van der Waals surface area contributed by atoms with Gasteiger partial charge in [0.05, 0.1) is 17.7 Å². The van der Waals surface area contributed by atoms with E-state index in [2.05, 4.69) is 5.32 Å². The Morgan fingerprint density at radius 3 is 2.62 bits per heavy atom. The zero-order valence-corrected chi connectivity index (χ0v) is 19.1. The molecular weight excluding hydrogens is 404 g/mol. The molecule has 0 spiro atoms. The van der Waals surface area contributed by atoms with E-state index in [1.165, 1.54) is 0 Å². The van der Waals surface area contributed by atoms with Crippen LogP contribution in [0.5, 0.6) is 0 Å². The van der Waals surface area contributed by atoms with Crippen molar-refractivity contribution >= 4 is 23.4 Å². The first-order valence-electron chi connectivity index (χ1n) is 11.4. The maximum Gasteiger partial charge on any atom is 0.414 e. The molecule has 2 aromatic carbocycles. The van der Waals surface area contributed by atoms with Crippen LogP contribution in [0.1, 0.15) is 57.3 Å². The lowest BCUT2D eigenvalue weighted by atomic mass is 9.88. The fourth-order valence-corrected chi connectivity index (χ4v) is 4.41. The van der Waals surface area contributed by atoms with Crippen molar-refractivity contribution < 1.29 is 19.1 Å². The van der Waals surface area contributed by atoms with Gasteiger partial charge in [0.15, 0.2) is 0 Å². The molecule has 0 aromatic heterocycles. The molecule has 2 aliphatic heterocycles. The van der Waals surface area contributed by atoms with E-state index >= 15 is 0 Å². The number of hydrogen-bond donors (Lipinski definition) is 1. The van der Waals surface area contributed by atoms with Crippen molar-refractivity contribution in [2.45, 2.75) is 58.2 Å². The van der Waals surface area contributed by atoms with Gasteiger partial charge in [-0.1, -0.05) is 36.4 Å². The van der Waals surface area contributed by atoms with Gasteiger partial charge in [0.25, 0.3) is 0 Å². The molecule has 170 valence electrons. The van der Waals surface area contributed by atoms with Crippen LogP contribution in [-0.4, -0.2) is 30.8 Å². The average molecular weight is 437 g/mol. The Kier molecular flexibility index (Phi) is 6.51. The topological polar surface area (TPSA) is 67.9 Å². The number of carbonyl (C=O) groups excluding carboxylic acids is 2. The van der Waals surface area contributed by atoms with E-state index in [0.717, 1.165) is 42.5 Å². The molecule has 0 bridgehead atoms. The number of ether oxygens (including phenoxy) is 2. The minimum Gasteiger partial charge on any atom is -0.443 e. The molecule has 4 rings (SSSR count). The minimum atomic E-state index is -0.562. The third-order valence-electron chi connectivity index (χ3n) is 5.87. The molecule has 2 atom stereocenters. The Morgan fingerprint density at radius 2 is 1.88 bits per heavy atom. The van der Waals surface area contributed by atoms with E-state index in [4.69, 9.17) is 9.47 Å². The lowest BCUT2D eigenvalue weighted by molar-refractivity contribution is -0.129. The Balaban J connectivity index is 1.53. The zero-order chi connectivity index (χ0) is 22.7. The molecule has 6 nitrogen and oxygen atoms in total. The van der Waals surface area contributed by atoms with E-state index in [0.29, 0.717) is 18.8 Å². The molecule has 2 unspecified atom stereocenters. The zero-order valence-electron chi connectivity index (χ0n) is 19.1. The Bertz CT molecular complexity index is 968. The fourth-order valence-electron chi connectivity index (χ4n) is 4.41. The number of amides is 2. The smallest absolute Gasteiger partial charge is 0.414 e. The fraction of sp³-hybridized carbons (Fsp3) is 0.462. The number of aryl methyl sites for hydroxylation is 1. The molecule has 2 amide bonds. The molecule has 0 aliphatic carbocycles. The molecule has 2 heterocycles. The predicted octanol–water partition coefficient (Wildman–Crippen LogP) is 5.48. The van der Waals surface area contributed by atoms with Crippen molar-refractivity contribution in [2.75, 3.05) is 23.4 Å². The van der Waals surface area contributed by atoms with Crippen molar-refractivity contribution in [1.82, 2.24) is 0 Å². The van der Waals surface area contributed by atoms with Crippen LogP contribution < -0.4 is 10.2 Å². The Morgan fingerprint density at radius 1 is 1.09 bits per heavy atom. The summed E-state index contributed by atoms with van der Waals surface area (Å²) >= 11 is 0. The Labute approximate surface area is 189 Å². The van der Waals surface area contributed by atoms with Gasteiger partial charge < -0.3 is 14.8 Å². The SMILES string of the molecule is CC(C)(C)OC(=O)N1CCCc2ccc(NC(=O)C3CCCOC3c3ccccc3)cc21. The van der Waals surface area contributed by atoms with Crippen LogP contribution in [0.4, 0.5) is 16.2 Å². The second-order valence-electron chi connectivity index (χ2n) is 9.52. The number of fused-ring (bicyclic) bond motifs is 1. The monoisotopic (exact) mass is 436 g/mol. The first-order valence-corrected chi connectivity index (χ1v) is 11.4. The molecule has 1 fully saturated rings. The summed E-state index contributed by atoms with van der Waals surface area (Å²) in [5, 5.41) is 3.07. The van der Waals surface area contributed by atoms with Gasteiger partial charge in [-0.2, -0.15) is 0 Å². The van der Waals surface area contributed by atoms with Crippen LogP contribution in [0.15, 0.2) is 48.5 Å². The summed E-state index contributed by atoms with van der Waals surface area (Å²) in [7, 11) is 0. The van der Waals surface area contributed by atoms with E-state index in [1.54, 1.807) is 4.90 Å². The summed E-state index contributed by atoms with van der Waals surface area (Å²) in [6.45, 7) is 6.85. The summed E-state index contributed by atoms with van der Waals surface area (Å²) in [4.78, 5) is 27.7. The van der Waals surface area contributed by atoms with Crippen molar-refractivity contribution in [3.05, 3.63) is 59.7 Å². The van der Waals surface area contributed by atoms with Crippen molar-refractivity contribution in [3.8, 4) is 0 Å². The maximum atomic E-state index is 13.2. The molecule has 0 saturated carbocycles. The number of nitrogens with one attached hydrogen (secondary N) is 1. The average Bonchev–Trinajstić information content (AvgIpc) is 2.78. The maximum absolute atomic E-state index is 13.2. The summed E-state index contributed by atoms with van der Waals surface area (Å²) in [5.74, 6) is -0.317. The third-order valence-corrected chi connectivity index (χ3v) is 5.87. The largest absolute Gasteiger partial charge is 0.443 e. The standard InChI is InChI=1S/C26H32N2O4/c1-26(2,3)32-25(30)28-15-7-11-18-13-14-20(17-22(18)28)27-24(29)21-12-8-16-31-23(21)19-9-5-4-6-10-19/h4-6,9-10,13-14,17,21,23H,7-8,11-12,15-16H2,1-3H3,(H,27,29). The van der Waals surface area contributed by atoms with Gasteiger partial charge in [-0.15, -0.1) is 0 Å². The number of hydrogen-bond acceptors (Lipinski definition) is 4. The molecule has 2 aliphatic rings. The van der Waals surface area contributed by atoms with Crippen LogP contribution >= 0.6 is 0 Å². The second kappa shape index (κ2) is 9.33. The van der Waals surface area contributed by atoms with Gasteiger partial charge in [-0.3, -0.25) is 9.69 Å². The minimum absolute atomic E-state index is 0.0573. The molecule has 1 N–H and O–H groups in total. The summed E-state index contributed by atoms with van der Waals surface area (Å²) in [5.41, 5.74) is 3.04. The molecule has 0 radical (unpaired) electrons. The predicted molar refractivity (Wildman–Crippen MR) is 125 cm³/mol. The van der Waals surface area contributed by atoms with Gasteiger partial charge >= 0.3 is 6.09 Å². The van der Waals surface area contributed by atoms with Crippen LogP contribution in [0, 0.1) is 5.92 Å². The van der Waals surface area contributed by atoms with Crippen LogP contribution in [0.2, 0.25) is 0 Å². The summed E-state index contributed by atoms with van der Waals surface area (Å²) in [6.07, 6.45) is 2.82. The van der Waals surface area contributed by atoms with Crippen LogP contribution in [0.3, 0.4) is 0 Å². The van der Waals surface area contributed by atoms with Crippen molar-refractivity contribution in [1.29, 1.82) is 0 Å². The first-order chi connectivity index (χ1) is 15.3. The highest BCUT2D eigenvalue weighted by Gasteiger charge is 2.33. The van der Waals surface area contributed by atoms with Crippen molar-refractivity contribution in [2.24, 2.45) is 5.92 Å². The first kappa shape index (κ1) is 22.3. The molecule has 2 aromatic rings. The number of anilines is 2. The highest BCUT2D eigenvalue weighted by atomic mass is 16.6. The van der Waals surface area contributed by atoms with Crippen molar-refractivity contribution in [3.63, 3.8) is 0 Å². The molecule has 6 heteroatoms. The molecule has 1 saturated heterocycles. The second-order valence-corrected chi connectivity index (χ2v) is 9.52. The molecular formula is C26H32N2O4. The van der Waals surface area contributed by atoms with Gasteiger partial charge in [0.2, 0.25) is 5.91 Å². The van der Waals surface area contributed by atoms with Crippen LogP contribution in [-0.2, 0) is 20.7 Å². The highest BCUT2D eigenvalue weighted by molar-refractivity contribution is 5.95. The Hall–Kier alpha value is -2.86. The quantitative estimate of drug-likeness (QED) is 0.692. The van der Waals surface area contributed by atoms with E-state index in [1.807, 2.05) is 69.3 Å². The van der Waals surface area contributed by atoms with E-state index in [9.17, 15) is 9.59 Å². The van der Waals surface area contributed by atoms with Gasteiger partial charge in [-0.05, 0) is 69.7 Å². The summed E-state index contributed by atoms with van der Waals surface area (Å²) < 4.78 is 11.6. The van der Waals surface area contributed by atoms with E-state index < -0.39 is 5.60 Å². The number of benzene rings is 2. The highest BCUT2D eigenvalue weighted by Crippen LogP contribution is 2.36. The third kappa shape index (κ3) is 5.13. The number of nitrogens with zero attached hydrogens (tertiary/aromatic N) is 1. The lowest BCUT2D eigenvalue weighted by Crippen LogP contribution is -2.40. The van der Waals surface area contributed by atoms with Crippen LogP contribution in [0.25, 0.3) is 0 Å².